The van der Waals surface area contributed by atoms with Crippen LogP contribution in [0.3, 0.4) is 0 Å². The zero-order chi connectivity index (χ0) is 16.2. The maximum atomic E-state index is 12.7. The number of nitrogens with two attached hydrogens (primary N) is 1. The van der Waals surface area contributed by atoms with E-state index in [1.165, 1.54) is 0 Å². The highest BCUT2D eigenvalue weighted by Crippen LogP contribution is 2.32. The summed E-state index contributed by atoms with van der Waals surface area (Å²) in [6.45, 7) is 4.83. The number of phenols is 1. The molecule has 1 saturated heterocycles. The molecule has 1 saturated carbocycles. The van der Waals surface area contributed by atoms with Gasteiger partial charge in [0.15, 0.2) is 0 Å². The predicted molar refractivity (Wildman–Crippen MR) is 104 cm³/mol. The Kier molecular flexibility index (Phi) is 9.00. The van der Waals surface area contributed by atoms with Crippen LogP contribution in [0.2, 0.25) is 0 Å². The maximum absolute atomic E-state index is 12.7. The van der Waals surface area contributed by atoms with Gasteiger partial charge in [-0.25, -0.2) is 0 Å². The molecule has 25 heavy (non-hydrogen) atoms. The monoisotopic (exact) mass is 389 g/mol. The Morgan fingerprint density at radius 1 is 1.16 bits per heavy atom. The molecule has 1 heterocycles. The van der Waals surface area contributed by atoms with Gasteiger partial charge in [-0.05, 0) is 43.0 Å². The van der Waals surface area contributed by atoms with Crippen molar-refractivity contribution in [2.45, 2.75) is 25.8 Å². The highest BCUT2D eigenvalue weighted by Gasteiger charge is 2.35. The van der Waals surface area contributed by atoms with Gasteiger partial charge in [-0.2, -0.15) is 0 Å². The Bertz CT molecular complexity index is 551. The van der Waals surface area contributed by atoms with E-state index in [1.807, 2.05) is 23.1 Å². The summed E-state index contributed by atoms with van der Waals surface area (Å²) in [7, 11) is 0. The van der Waals surface area contributed by atoms with Crippen molar-refractivity contribution in [2.75, 3.05) is 32.7 Å². The first kappa shape index (κ1) is 22.0. The number of carbonyl (C=O) groups excluding carboxylic acids is 1. The molecule has 1 aromatic carbocycles. The van der Waals surface area contributed by atoms with E-state index in [4.69, 9.17) is 5.73 Å². The zero-order valence-corrected chi connectivity index (χ0v) is 16.1. The summed E-state index contributed by atoms with van der Waals surface area (Å²) in [5.74, 6) is 1.16. The minimum atomic E-state index is 0. The number of nitrogens with zero attached hydrogens (tertiary/aromatic N) is 2. The Morgan fingerprint density at radius 3 is 2.52 bits per heavy atom. The van der Waals surface area contributed by atoms with Gasteiger partial charge in [0.2, 0.25) is 5.91 Å². The van der Waals surface area contributed by atoms with Crippen LogP contribution in [0.25, 0.3) is 0 Å². The van der Waals surface area contributed by atoms with Crippen LogP contribution in [0.1, 0.15) is 24.8 Å². The van der Waals surface area contributed by atoms with Crippen LogP contribution >= 0.6 is 24.8 Å². The maximum Gasteiger partial charge on any atom is 0.226 e. The van der Waals surface area contributed by atoms with Crippen molar-refractivity contribution in [1.29, 1.82) is 0 Å². The number of benzene rings is 1. The normalized spacial score (nSPS) is 23.6. The molecular weight excluding hydrogens is 361 g/mol. The SMILES string of the molecule is Cl.Cl.NC[C@H]1CCC[C@H]1C(=O)N1CCN(Cc2cccc(O)c2)CC1. The molecule has 1 aromatic rings. The van der Waals surface area contributed by atoms with E-state index < -0.39 is 0 Å². The van der Waals surface area contributed by atoms with Gasteiger partial charge < -0.3 is 15.7 Å². The van der Waals surface area contributed by atoms with E-state index in [2.05, 4.69) is 4.90 Å². The van der Waals surface area contributed by atoms with Gasteiger partial charge in [-0.1, -0.05) is 18.6 Å². The molecule has 5 nitrogen and oxygen atoms in total. The van der Waals surface area contributed by atoms with E-state index in [-0.39, 0.29) is 30.7 Å². The van der Waals surface area contributed by atoms with Crippen molar-refractivity contribution >= 4 is 30.7 Å². The highest BCUT2D eigenvalue weighted by molar-refractivity contribution is 5.85. The number of rotatable bonds is 4. The molecule has 7 heteroatoms. The van der Waals surface area contributed by atoms with Crippen molar-refractivity contribution in [3.8, 4) is 5.75 Å². The Labute approximate surface area is 162 Å². The van der Waals surface area contributed by atoms with Gasteiger partial charge in [-0.15, -0.1) is 24.8 Å². The molecule has 2 atom stereocenters. The highest BCUT2D eigenvalue weighted by atomic mass is 35.5. The molecule has 142 valence electrons. The molecule has 0 unspecified atom stereocenters. The third-order valence-electron chi connectivity index (χ3n) is 5.28. The van der Waals surface area contributed by atoms with Crippen LogP contribution in [-0.4, -0.2) is 53.5 Å². The first-order chi connectivity index (χ1) is 11.2. The van der Waals surface area contributed by atoms with Gasteiger partial charge in [0, 0.05) is 38.6 Å². The first-order valence-corrected chi connectivity index (χ1v) is 8.66. The fourth-order valence-electron chi connectivity index (χ4n) is 3.92. The van der Waals surface area contributed by atoms with Gasteiger partial charge >= 0.3 is 0 Å². The second-order valence-corrected chi connectivity index (χ2v) is 6.80. The molecule has 0 spiro atoms. The standard InChI is InChI=1S/C18H27N3O2.2ClH/c19-12-15-4-2-6-17(15)18(23)21-9-7-20(8-10-21)13-14-3-1-5-16(22)11-14;;/h1,3,5,11,15,17,22H,2,4,6-10,12-13,19H2;2*1H/t15-,17-;;/m1../s1. The van der Waals surface area contributed by atoms with Crippen LogP contribution in [0.15, 0.2) is 24.3 Å². The summed E-state index contributed by atoms with van der Waals surface area (Å²) >= 11 is 0. The predicted octanol–water partition coefficient (Wildman–Crippen LogP) is 2.25. The van der Waals surface area contributed by atoms with E-state index in [9.17, 15) is 9.90 Å². The first-order valence-electron chi connectivity index (χ1n) is 8.66. The molecule has 0 aromatic heterocycles. The number of amides is 1. The van der Waals surface area contributed by atoms with Crippen molar-refractivity contribution in [3.63, 3.8) is 0 Å². The molecule has 0 radical (unpaired) electrons. The molecule has 2 aliphatic rings. The molecular formula is C18H29Cl2N3O2. The van der Waals surface area contributed by atoms with Crippen LogP contribution in [0.5, 0.6) is 5.75 Å². The van der Waals surface area contributed by atoms with Crippen LogP contribution in [0.4, 0.5) is 0 Å². The fourth-order valence-corrected chi connectivity index (χ4v) is 3.92. The lowest BCUT2D eigenvalue weighted by atomic mass is 9.94. The number of carbonyl (C=O) groups is 1. The third-order valence-corrected chi connectivity index (χ3v) is 5.28. The third kappa shape index (κ3) is 5.48. The summed E-state index contributed by atoms with van der Waals surface area (Å²) in [5, 5.41) is 9.55. The molecule has 0 bridgehead atoms. The van der Waals surface area contributed by atoms with E-state index in [0.717, 1.165) is 57.5 Å². The van der Waals surface area contributed by atoms with Crippen molar-refractivity contribution in [2.24, 2.45) is 17.6 Å². The Balaban J connectivity index is 0.00000156. The number of piperazine rings is 1. The minimum Gasteiger partial charge on any atom is -0.508 e. The molecule has 3 rings (SSSR count). The lowest BCUT2D eigenvalue weighted by Gasteiger charge is -2.36. The smallest absolute Gasteiger partial charge is 0.226 e. The van der Waals surface area contributed by atoms with Crippen molar-refractivity contribution < 1.29 is 9.90 Å². The zero-order valence-electron chi connectivity index (χ0n) is 14.5. The second kappa shape index (κ2) is 10.2. The lowest BCUT2D eigenvalue weighted by molar-refractivity contribution is -0.138. The van der Waals surface area contributed by atoms with Gasteiger partial charge in [-0.3, -0.25) is 9.69 Å². The van der Waals surface area contributed by atoms with Gasteiger partial charge in [0.25, 0.3) is 0 Å². The van der Waals surface area contributed by atoms with Crippen LogP contribution < -0.4 is 5.73 Å². The van der Waals surface area contributed by atoms with Gasteiger partial charge in [0.05, 0.1) is 0 Å². The molecule has 1 amide bonds. The molecule has 2 fully saturated rings. The summed E-state index contributed by atoms with van der Waals surface area (Å²) < 4.78 is 0. The number of hydrogen-bond donors (Lipinski definition) is 2. The lowest BCUT2D eigenvalue weighted by Crippen LogP contribution is -2.50. The van der Waals surface area contributed by atoms with Crippen molar-refractivity contribution in [3.05, 3.63) is 29.8 Å². The summed E-state index contributed by atoms with van der Waals surface area (Å²) in [5.41, 5.74) is 6.93. The van der Waals surface area contributed by atoms with Crippen LogP contribution in [-0.2, 0) is 11.3 Å². The average Bonchev–Trinajstić information content (AvgIpc) is 3.03. The quantitative estimate of drug-likeness (QED) is 0.828. The van der Waals surface area contributed by atoms with E-state index in [0.29, 0.717) is 24.1 Å². The second-order valence-electron chi connectivity index (χ2n) is 6.80. The number of hydrogen-bond acceptors (Lipinski definition) is 4. The average molecular weight is 390 g/mol. The van der Waals surface area contributed by atoms with E-state index >= 15 is 0 Å². The fraction of sp³-hybridized carbons (Fsp3) is 0.611. The van der Waals surface area contributed by atoms with Crippen molar-refractivity contribution in [1.82, 2.24) is 9.80 Å². The number of halogens is 2. The summed E-state index contributed by atoms with van der Waals surface area (Å²) in [6.07, 6.45) is 3.24. The van der Waals surface area contributed by atoms with E-state index in [1.54, 1.807) is 6.07 Å². The number of phenolic OH excluding ortho intramolecular Hbond substituents is 1. The topological polar surface area (TPSA) is 69.8 Å². The summed E-state index contributed by atoms with van der Waals surface area (Å²) in [4.78, 5) is 17.1. The van der Waals surface area contributed by atoms with Crippen LogP contribution in [0, 0.1) is 11.8 Å². The van der Waals surface area contributed by atoms with Gasteiger partial charge in [0.1, 0.15) is 5.75 Å². The Hall–Kier alpha value is -1.01. The largest absolute Gasteiger partial charge is 0.508 e. The minimum absolute atomic E-state index is 0. The number of aromatic hydroxyl groups is 1. The summed E-state index contributed by atoms with van der Waals surface area (Å²) in [6, 6.07) is 7.40. The molecule has 1 aliphatic heterocycles. The molecule has 1 aliphatic carbocycles. The molecule has 3 N–H and O–H groups in total. The Morgan fingerprint density at radius 2 is 1.88 bits per heavy atom.